The van der Waals surface area contributed by atoms with Crippen molar-refractivity contribution in [1.29, 1.82) is 0 Å². The van der Waals surface area contributed by atoms with Crippen molar-refractivity contribution in [2.45, 2.75) is 6.61 Å². The van der Waals surface area contributed by atoms with E-state index in [0.717, 1.165) is 21.3 Å². The van der Waals surface area contributed by atoms with Gasteiger partial charge in [-0.25, -0.2) is 4.98 Å². The van der Waals surface area contributed by atoms with Crippen molar-refractivity contribution in [3.63, 3.8) is 0 Å². The fraction of sp³-hybridized carbons (Fsp3) is 0.0714. The minimum atomic E-state index is -0.221. The van der Waals surface area contributed by atoms with Crippen LogP contribution in [0.25, 0.3) is 22.6 Å². The summed E-state index contributed by atoms with van der Waals surface area (Å²) in [6.07, 6.45) is 0. The summed E-state index contributed by atoms with van der Waals surface area (Å²) in [6, 6.07) is 28.0. The van der Waals surface area contributed by atoms with E-state index in [-0.39, 0.29) is 5.91 Å². The lowest BCUT2D eigenvalue weighted by atomic mass is 10.2. The highest BCUT2D eigenvalue weighted by Gasteiger charge is 2.13. The number of nitrogens with one attached hydrogen (secondary N) is 1. The van der Waals surface area contributed by atoms with Crippen LogP contribution in [0.3, 0.4) is 0 Å². The van der Waals surface area contributed by atoms with Gasteiger partial charge in [0.1, 0.15) is 23.6 Å². The molecule has 174 valence electrons. The Labute approximate surface area is 210 Å². The smallest absolute Gasteiger partial charge is 0.255 e. The number of ether oxygens (including phenoxy) is 2. The molecule has 0 aliphatic rings. The van der Waals surface area contributed by atoms with Crippen molar-refractivity contribution in [2.24, 2.45) is 0 Å². The maximum atomic E-state index is 12.8. The molecule has 6 nitrogen and oxygen atoms in total. The molecule has 35 heavy (non-hydrogen) atoms. The molecular formula is C28H21BrN2O4. The predicted octanol–water partition coefficient (Wildman–Crippen LogP) is 7.10. The molecule has 0 atom stereocenters. The normalized spacial score (nSPS) is 10.8. The zero-order chi connectivity index (χ0) is 24.2. The molecule has 0 aliphatic carbocycles. The van der Waals surface area contributed by atoms with Crippen molar-refractivity contribution in [3.05, 3.63) is 107 Å². The van der Waals surface area contributed by atoms with Gasteiger partial charge in [-0.15, -0.1) is 0 Å². The van der Waals surface area contributed by atoms with Gasteiger partial charge in [-0.3, -0.25) is 4.79 Å². The number of aromatic nitrogens is 1. The molecule has 0 fully saturated rings. The Kier molecular flexibility index (Phi) is 6.50. The summed E-state index contributed by atoms with van der Waals surface area (Å²) in [5.41, 5.74) is 4.33. The maximum Gasteiger partial charge on any atom is 0.255 e. The fourth-order valence-corrected chi connectivity index (χ4v) is 4.12. The Morgan fingerprint density at radius 3 is 2.51 bits per heavy atom. The number of nitrogens with zero attached hydrogens (tertiary/aromatic N) is 1. The Morgan fingerprint density at radius 2 is 1.77 bits per heavy atom. The second-order valence-corrected chi connectivity index (χ2v) is 8.66. The third kappa shape index (κ3) is 5.20. The van der Waals surface area contributed by atoms with Crippen molar-refractivity contribution >= 4 is 38.6 Å². The van der Waals surface area contributed by atoms with E-state index < -0.39 is 0 Å². The summed E-state index contributed by atoms with van der Waals surface area (Å²) in [6.45, 7) is 0.472. The number of carbonyl (C=O) groups is 1. The molecule has 0 spiro atoms. The Balaban J connectivity index is 1.26. The number of hydrogen-bond acceptors (Lipinski definition) is 5. The van der Waals surface area contributed by atoms with Crippen LogP contribution in [0, 0.1) is 0 Å². The van der Waals surface area contributed by atoms with Gasteiger partial charge in [0, 0.05) is 16.8 Å². The number of amides is 1. The van der Waals surface area contributed by atoms with E-state index in [1.807, 2.05) is 48.5 Å². The van der Waals surface area contributed by atoms with E-state index in [1.165, 1.54) is 0 Å². The highest BCUT2D eigenvalue weighted by Crippen LogP contribution is 2.32. The van der Waals surface area contributed by atoms with Crippen molar-refractivity contribution in [3.8, 4) is 23.0 Å². The van der Waals surface area contributed by atoms with Crippen LogP contribution < -0.4 is 14.8 Å². The minimum Gasteiger partial charge on any atom is -0.496 e. The van der Waals surface area contributed by atoms with E-state index in [0.29, 0.717) is 40.6 Å². The van der Waals surface area contributed by atoms with Crippen molar-refractivity contribution in [2.75, 3.05) is 12.4 Å². The standard InChI is InChI=1S/C28H21BrN2O4/c1-33-25-13-9-20(15-23(25)29)28-31-24-16-21(10-14-26(24)35-28)30-27(32)19-7-11-22(12-8-19)34-17-18-5-3-2-4-6-18/h2-16H,17H2,1H3,(H,30,32). The zero-order valence-corrected chi connectivity index (χ0v) is 20.4. The highest BCUT2D eigenvalue weighted by atomic mass is 79.9. The minimum absolute atomic E-state index is 0.221. The second kappa shape index (κ2) is 10.0. The SMILES string of the molecule is COc1ccc(-c2nc3cc(NC(=O)c4ccc(OCc5ccccc5)cc4)ccc3o2)cc1Br. The quantitative estimate of drug-likeness (QED) is 0.244. The van der Waals surface area contributed by atoms with E-state index in [2.05, 4.69) is 26.2 Å². The molecule has 0 saturated heterocycles. The van der Waals surface area contributed by atoms with Crippen LogP contribution in [0.5, 0.6) is 11.5 Å². The number of carbonyl (C=O) groups excluding carboxylic acids is 1. The Morgan fingerprint density at radius 1 is 0.971 bits per heavy atom. The summed E-state index contributed by atoms with van der Waals surface area (Å²) < 4.78 is 17.8. The van der Waals surface area contributed by atoms with E-state index in [9.17, 15) is 4.79 Å². The lowest BCUT2D eigenvalue weighted by Gasteiger charge is -2.08. The first kappa shape index (κ1) is 22.7. The predicted molar refractivity (Wildman–Crippen MR) is 139 cm³/mol. The van der Waals surface area contributed by atoms with Crippen LogP contribution in [0.2, 0.25) is 0 Å². The van der Waals surface area contributed by atoms with Crippen LogP contribution in [-0.2, 0) is 6.61 Å². The topological polar surface area (TPSA) is 73.6 Å². The average Bonchev–Trinajstić information content (AvgIpc) is 3.32. The monoisotopic (exact) mass is 528 g/mol. The molecule has 5 aromatic rings. The van der Waals surface area contributed by atoms with Crippen LogP contribution in [0.4, 0.5) is 5.69 Å². The molecular weight excluding hydrogens is 508 g/mol. The van der Waals surface area contributed by atoms with Crippen LogP contribution in [0.15, 0.2) is 99.9 Å². The maximum absolute atomic E-state index is 12.8. The summed E-state index contributed by atoms with van der Waals surface area (Å²) in [7, 11) is 1.61. The number of benzene rings is 4. The number of halogens is 1. The largest absolute Gasteiger partial charge is 0.496 e. The molecule has 0 bridgehead atoms. The number of oxazole rings is 1. The lowest BCUT2D eigenvalue weighted by molar-refractivity contribution is 0.102. The first-order valence-electron chi connectivity index (χ1n) is 10.9. The molecule has 1 heterocycles. The van der Waals surface area contributed by atoms with Gasteiger partial charge in [-0.05, 0) is 82.2 Å². The fourth-order valence-electron chi connectivity index (χ4n) is 3.57. The Hall–Kier alpha value is -4.10. The molecule has 0 saturated carbocycles. The van der Waals surface area contributed by atoms with Gasteiger partial charge in [0.15, 0.2) is 5.58 Å². The van der Waals surface area contributed by atoms with Gasteiger partial charge >= 0.3 is 0 Å². The third-order valence-corrected chi connectivity index (χ3v) is 6.03. The van der Waals surface area contributed by atoms with Gasteiger partial charge in [-0.1, -0.05) is 30.3 Å². The van der Waals surface area contributed by atoms with Gasteiger partial charge in [0.2, 0.25) is 5.89 Å². The summed E-state index contributed by atoms with van der Waals surface area (Å²) in [4.78, 5) is 17.3. The van der Waals surface area contributed by atoms with Crippen LogP contribution in [-0.4, -0.2) is 18.0 Å². The molecule has 1 aromatic heterocycles. The number of hydrogen-bond donors (Lipinski definition) is 1. The first-order chi connectivity index (χ1) is 17.1. The van der Waals surface area contributed by atoms with Gasteiger partial charge in [0.25, 0.3) is 5.91 Å². The Bertz CT molecular complexity index is 1480. The van der Waals surface area contributed by atoms with Crippen LogP contribution in [0.1, 0.15) is 15.9 Å². The molecule has 1 N–H and O–H groups in total. The average molecular weight is 529 g/mol. The third-order valence-electron chi connectivity index (χ3n) is 5.41. The van der Waals surface area contributed by atoms with Gasteiger partial charge in [-0.2, -0.15) is 0 Å². The summed E-state index contributed by atoms with van der Waals surface area (Å²) in [5.74, 6) is 1.69. The molecule has 0 aliphatic heterocycles. The molecule has 1 amide bonds. The van der Waals surface area contributed by atoms with Crippen molar-refractivity contribution < 1.29 is 18.7 Å². The zero-order valence-electron chi connectivity index (χ0n) is 18.8. The van der Waals surface area contributed by atoms with Gasteiger partial charge in [0.05, 0.1) is 11.6 Å². The number of methoxy groups -OCH3 is 1. The highest BCUT2D eigenvalue weighted by molar-refractivity contribution is 9.10. The summed E-state index contributed by atoms with van der Waals surface area (Å²) >= 11 is 3.48. The van der Waals surface area contributed by atoms with E-state index in [1.54, 1.807) is 49.6 Å². The van der Waals surface area contributed by atoms with E-state index in [4.69, 9.17) is 13.9 Å². The van der Waals surface area contributed by atoms with Crippen LogP contribution >= 0.6 is 15.9 Å². The van der Waals surface area contributed by atoms with E-state index >= 15 is 0 Å². The molecule has 0 radical (unpaired) electrons. The van der Waals surface area contributed by atoms with Crippen molar-refractivity contribution in [1.82, 2.24) is 4.98 Å². The number of rotatable bonds is 7. The lowest BCUT2D eigenvalue weighted by Crippen LogP contribution is -2.11. The molecule has 7 heteroatoms. The molecule has 5 rings (SSSR count). The number of fused-ring (bicyclic) bond motifs is 1. The van der Waals surface area contributed by atoms with Gasteiger partial charge < -0.3 is 19.2 Å². The summed E-state index contributed by atoms with van der Waals surface area (Å²) in [5, 5.41) is 2.92. The molecule has 0 unspecified atom stereocenters. The molecule has 4 aromatic carbocycles. The first-order valence-corrected chi connectivity index (χ1v) is 11.7. The number of anilines is 1. The second-order valence-electron chi connectivity index (χ2n) is 7.80.